The molecule has 1 N–H and O–H groups in total. The lowest BCUT2D eigenvalue weighted by molar-refractivity contribution is -0.164. The minimum absolute atomic E-state index is 0.108. The Morgan fingerprint density at radius 2 is 1.63 bits per heavy atom. The van der Waals surface area contributed by atoms with E-state index in [2.05, 4.69) is 41.5 Å². The molecular formula is C15H32O3Si. The molecule has 0 aromatic carbocycles. The highest BCUT2D eigenvalue weighted by atomic mass is 28.2. The summed E-state index contributed by atoms with van der Waals surface area (Å²) in [5.74, 6) is -0.151. The van der Waals surface area contributed by atoms with Gasteiger partial charge in [-0.25, -0.2) is 0 Å². The summed E-state index contributed by atoms with van der Waals surface area (Å²) in [5.41, 5.74) is -0.519. The van der Waals surface area contributed by atoms with Crippen molar-refractivity contribution < 1.29 is 14.3 Å². The smallest absolute Gasteiger partial charge is 0.312 e. The molecule has 0 spiro atoms. The Morgan fingerprint density at radius 3 is 2.00 bits per heavy atom. The van der Waals surface area contributed by atoms with E-state index in [4.69, 9.17) is 9.53 Å². The first-order chi connectivity index (χ1) is 8.56. The third-order valence-electron chi connectivity index (χ3n) is 4.94. The molecule has 0 aliphatic heterocycles. The Kier molecular flexibility index (Phi) is 6.76. The zero-order valence-electron chi connectivity index (χ0n) is 13.8. The Balaban J connectivity index is 5.31. The van der Waals surface area contributed by atoms with E-state index in [0.717, 1.165) is 19.3 Å². The van der Waals surface area contributed by atoms with Crippen LogP contribution in [0.3, 0.4) is 0 Å². The number of hydrogen-bond donors (Lipinski definition) is 1. The lowest BCUT2D eigenvalue weighted by Gasteiger charge is -2.45. The molecule has 1 unspecified atom stereocenters. The van der Waals surface area contributed by atoms with Gasteiger partial charge in [0, 0.05) is 0 Å². The lowest BCUT2D eigenvalue weighted by atomic mass is 9.58. The molecule has 0 radical (unpaired) electrons. The number of carbonyl (C=O) groups excluding carboxylic acids is 1. The number of rotatable bonds is 8. The summed E-state index contributed by atoms with van der Waals surface area (Å²) in [4.78, 5) is 21.5. The normalized spacial score (nSPS) is 16.6. The lowest BCUT2D eigenvalue weighted by Crippen LogP contribution is -2.46. The molecule has 0 amide bonds. The van der Waals surface area contributed by atoms with E-state index in [1.807, 2.05) is 6.92 Å². The molecule has 0 aromatic heterocycles. The molecular weight excluding hydrogens is 256 g/mol. The topological polar surface area (TPSA) is 46.5 Å². The molecule has 4 heteroatoms. The fourth-order valence-electron chi connectivity index (χ4n) is 2.36. The van der Waals surface area contributed by atoms with Gasteiger partial charge in [0.25, 0.3) is 0 Å². The first-order valence-electron chi connectivity index (χ1n) is 7.34. The van der Waals surface area contributed by atoms with Crippen molar-refractivity contribution in [2.45, 2.75) is 67.7 Å². The maximum absolute atomic E-state index is 12.5. The van der Waals surface area contributed by atoms with Gasteiger partial charge in [0.1, 0.15) is 6.23 Å². The highest BCUT2D eigenvalue weighted by Crippen LogP contribution is 2.50. The van der Waals surface area contributed by atoms with Crippen molar-refractivity contribution in [1.29, 1.82) is 0 Å². The maximum atomic E-state index is 12.5. The van der Waals surface area contributed by atoms with Crippen LogP contribution < -0.4 is 0 Å². The molecule has 0 aromatic rings. The van der Waals surface area contributed by atoms with Gasteiger partial charge in [-0.15, -0.1) is 0 Å². The van der Waals surface area contributed by atoms with Crippen LogP contribution in [0.25, 0.3) is 0 Å². The van der Waals surface area contributed by atoms with Crippen LogP contribution in [0.4, 0.5) is 0 Å². The summed E-state index contributed by atoms with van der Waals surface area (Å²) in [6.07, 6.45) is 2.99. The zero-order valence-corrected chi connectivity index (χ0v) is 15.2. The molecule has 0 saturated heterocycles. The second-order valence-electron chi connectivity index (χ2n) is 7.12. The molecule has 0 bridgehead atoms. The predicted octanol–water partition coefficient (Wildman–Crippen LogP) is 2.83. The highest BCUT2D eigenvalue weighted by molar-refractivity contribution is 6.25. The predicted molar refractivity (Wildman–Crippen MR) is 82.6 cm³/mol. The molecule has 114 valence electrons. The quantitative estimate of drug-likeness (QED) is 0.552. The number of ether oxygens (including phenoxy) is 1. The summed E-state index contributed by atoms with van der Waals surface area (Å²) in [7, 11) is -1.23. The van der Waals surface area contributed by atoms with Crippen molar-refractivity contribution in [1.82, 2.24) is 0 Å². The van der Waals surface area contributed by atoms with E-state index < -0.39 is 15.2 Å². The molecule has 0 saturated carbocycles. The van der Waals surface area contributed by atoms with Gasteiger partial charge in [-0.05, 0) is 30.6 Å². The average molecular weight is 289 g/mol. The van der Waals surface area contributed by atoms with Crippen molar-refractivity contribution in [2.75, 3.05) is 6.23 Å². The van der Waals surface area contributed by atoms with Crippen LogP contribution in [-0.2, 0) is 9.53 Å². The van der Waals surface area contributed by atoms with E-state index in [-0.39, 0.29) is 23.0 Å². The van der Waals surface area contributed by atoms with E-state index in [0.29, 0.717) is 0 Å². The van der Waals surface area contributed by atoms with Gasteiger partial charge in [-0.3, -0.25) is 4.79 Å². The minimum atomic E-state index is -1.23. The Hall–Kier alpha value is -0.353. The second kappa shape index (κ2) is 6.89. The summed E-state index contributed by atoms with van der Waals surface area (Å²) >= 11 is 0. The molecule has 0 aliphatic carbocycles. The molecule has 3 nitrogen and oxygen atoms in total. The van der Waals surface area contributed by atoms with Gasteiger partial charge in [0.2, 0.25) is 0 Å². The molecule has 1 atom stereocenters. The SMILES string of the molecule is CCC(C)(C)CC(C)(C(=O)OC[SiH2]O)C(C)(C)CC. The summed E-state index contributed by atoms with van der Waals surface area (Å²) in [5, 5.41) is 0. The molecule has 0 fully saturated rings. The monoisotopic (exact) mass is 288 g/mol. The van der Waals surface area contributed by atoms with Crippen molar-refractivity contribution in [3.05, 3.63) is 0 Å². The fourth-order valence-corrected chi connectivity index (χ4v) is 2.63. The van der Waals surface area contributed by atoms with Crippen LogP contribution in [0.2, 0.25) is 0 Å². The van der Waals surface area contributed by atoms with Crippen molar-refractivity contribution in [2.24, 2.45) is 16.2 Å². The third-order valence-corrected chi connectivity index (χ3v) is 5.33. The largest absolute Gasteiger partial charge is 0.467 e. The third kappa shape index (κ3) is 4.60. The van der Waals surface area contributed by atoms with Crippen molar-refractivity contribution >= 4 is 15.7 Å². The number of carbonyl (C=O) groups is 1. The summed E-state index contributed by atoms with van der Waals surface area (Å²) < 4.78 is 5.31. The van der Waals surface area contributed by atoms with Gasteiger partial charge in [0.15, 0.2) is 9.76 Å². The number of esters is 1. The van der Waals surface area contributed by atoms with E-state index in [1.54, 1.807) is 0 Å². The van der Waals surface area contributed by atoms with E-state index >= 15 is 0 Å². The van der Waals surface area contributed by atoms with Crippen molar-refractivity contribution in [3.63, 3.8) is 0 Å². The van der Waals surface area contributed by atoms with Crippen LogP contribution in [-0.4, -0.2) is 26.8 Å². The van der Waals surface area contributed by atoms with Crippen molar-refractivity contribution in [3.8, 4) is 0 Å². The van der Waals surface area contributed by atoms with Gasteiger partial charge < -0.3 is 9.53 Å². The Labute approximate surface area is 121 Å². The maximum Gasteiger partial charge on any atom is 0.312 e. The molecule has 0 aliphatic rings. The van der Waals surface area contributed by atoms with Crippen LogP contribution in [0, 0.1) is 16.2 Å². The Bertz CT molecular complexity index is 300. The van der Waals surface area contributed by atoms with Crippen LogP contribution in [0.5, 0.6) is 0 Å². The first kappa shape index (κ1) is 18.6. The molecule has 0 heterocycles. The van der Waals surface area contributed by atoms with Crippen LogP contribution in [0.15, 0.2) is 0 Å². The standard InChI is InChI=1S/C15H32O3Si/c1-8-13(3,4)10-15(7,14(5,6)9-2)12(16)18-11-19-17/h17H,8-11,19H2,1-7H3. The average Bonchev–Trinajstić information content (AvgIpc) is 2.34. The van der Waals surface area contributed by atoms with Gasteiger partial charge in [-0.1, -0.05) is 48.0 Å². The highest BCUT2D eigenvalue weighted by Gasteiger charge is 2.49. The summed E-state index contributed by atoms with van der Waals surface area (Å²) in [6.45, 7) is 15.0. The zero-order chi connectivity index (χ0) is 15.3. The van der Waals surface area contributed by atoms with Gasteiger partial charge in [0.05, 0.1) is 5.41 Å². The summed E-state index contributed by atoms with van der Waals surface area (Å²) in [6, 6.07) is 0. The van der Waals surface area contributed by atoms with Gasteiger partial charge in [-0.2, -0.15) is 0 Å². The molecule has 19 heavy (non-hydrogen) atoms. The fraction of sp³-hybridized carbons (Fsp3) is 0.933. The van der Waals surface area contributed by atoms with Crippen LogP contribution >= 0.6 is 0 Å². The second-order valence-corrected chi connectivity index (χ2v) is 7.98. The van der Waals surface area contributed by atoms with Crippen LogP contribution in [0.1, 0.15) is 67.7 Å². The number of hydrogen-bond acceptors (Lipinski definition) is 3. The first-order valence-corrected chi connectivity index (χ1v) is 8.97. The minimum Gasteiger partial charge on any atom is -0.467 e. The van der Waals surface area contributed by atoms with E-state index in [9.17, 15) is 4.79 Å². The molecule has 0 rings (SSSR count). The van der Waals surface area contributed by atoms with Gasteiger partial charge >= 0.3 is 5.97 Å². The Morgan fingerprint density at radius 1 is 1.11 bits per heavy atom. The van der Waals surface area contributed by atoms with E-state index in [1.165, 1.54) is 0 Å².